The lowest BCUT2D eigenvalue weighted by Crippen LogP contribution is -2.30. The second kappa shape index (κ2) is 8.03. The molecule has 7 heteroatoms. The fourth-order valence-electron chi connectivity index (χ4n) is 1.71. The van der Waals surface area contributed by atoms with Crippen molar-refractivity contribution in [2.75, 3.05) is 37.0 Å². The first-order chi connectivity index (χ1) is 10.1. The predicted octanol–water partition coefficient (Wildman–Crippen LogP) is 1.71. The third kappa shape index (κ3) is 7.17. The summed E-state index contributed by atoms with van der Waals surface area (Å²) >= 11 is 1.51. The van der Waals surface area contributed by atoms with Gasteiger partial charge in [-0.15, -0.1) is 11.8 Å². The number of hydrogen-bond donors (Lipinski definition) is 2. The molecule has 0 bridgehead atoms. The zero-order chi connectivity index (χ0) is 15.1. The van der Waals surface area contributed by atoms with Crippen LogP contribution in [-0.2, 0) is 14.8 Å². The molecule has 118 valence electrons. The van der Waals surface area contributed by atoms with Gasteiger partial charge in [0.2, 0.25) is 10.0 Å². The normalized spacial score (nSPS) is 15.2. The van der Waals surface area contributed by atoms with Crippen LogP contribution < -0.4 is 10.5 Å². The SMILES string of the molecule is Nc1ccc(SCCS(=O)(=O)NCCOCC2CC2)cc1. The van der Waals surface area contributed by atoms with E-state index in [9.17, 15) is 8.42 Å². The highest BCUT2D eigenvalue weighted by atomic mass is 32.2. The van der Waals surface area contributed by atoms with Crippen LogP contribution in [-0.4, -0.2) is 39.7 Å². The first-order valence-corrected chi connectivity index (χ1v) is 9.72. The van der Waals surface area contributed by atoms with E-state index in [2.05, 4.69) is 4.72 Å². The molecule has 1 fully saturated rings. The molecule has 0 spiro atoms. The van der Waals surface area contributed by atoms with Crippen molar-refractivity contribution in [3.63, 3.8) is 0 Å². The van der Waals surface area contributed by atoms with E-state index >= 15 is 0 Å². The third-order valence-corrected chi connectivity index (χ3v) is 5.78. The average molecular weight is 330 g/mol. The predicted molar refractivity (Wildman–Crippen MR) is 86.9 cm³/mol. The van der Waals surface area contributed by atoms with Crippen LogP contribution in [0.4, 0.5) is 5.69 Å². The highest BCUT2D eigenvalue weighted by molar-refractivity contribution is 8.00. The molecule has 0 radical (unpaired) electrons. The Bertz CT molecular complexity index is 528. The van der Waals surface area contributed by atoms with Crippen LogP contribution in [0.15, 0.2) is 29.2 Å². The van der Waals surface area contributed by atoms with Crippen LogP contribution in [0.2, 0.25) is 0 Å². The second-order valence-corrected chi connectivity index (χ2v) is 8.24. The van der Waals surface area contributed by atoms with Gasteiger partial charge in [-0.2, -0.15) is 0 Å². The van der Waals surface area contributed by atoms with Gasteiger partial charge in [0.15, 0.2) is 0 Å². The summed E-state index contributed by atoms with van der Waals surface area (Å²) in [5.41, 5.74) is 6.31. The lowest BCUT2D eigenvalue weighted by Gasteiger charge is -2.07. The summed E-state index contributed by atoms with van der Waals surface area (Å²) in [6.45, 7) is 1.55. The first-order valence-electron chi connectivity index (χ1n) is 7.08. The van der Waals surface area contributed by atoms with Crippen molar-refractivity contribution in [1.29, 1.82) is 0 Å². The van der Waals surface area contributed by atoms with Gasteiger partial charge < -0.3 is 10.5 Å². The van der Waals surface area contributed by atoms with Gasteiger partial charge in [0.1, 0.15) is 0 Å². The molecule has 2 rings (SSSR count). The van der Waals surface area contributed by atoms with Crippen LogP contribution in [0.25, 0.3) is 0 Å². The molecule has 1 aromatic carbocycles. The monoisotopic (exact) mass is 330 g/mol. The fraction of sp³-hybridized carbons (Fsp3) is 0.571. The van der Waals surface area contributed by atoms with Crippen molar-refractivity contribution in [2.45, 2.75) is 17.7 Å². The number of nitrogens with one attached hydrogen (secondary N) is 1. The van der Waals surface area contributed by atoms with E-state index < -0.39 is 10.0 Å². The van der Waals surface area contributed by atoms with E-state index in [4.69, 9.17) is 10.5 Å². The molecular weight excluding hydrogens is 308 g/mol. The standard InChI is InChI=1S/C14H22N2O3S2/c15-13-3-5-14(6-4-13)20-9-10-21(17,18)16-7-8-19-11-12-1-2-12/h3-6,12,16H,1-2,7-11,15H2. The van der Waals surface area contributed by atoms with Crippen molar-refractivity contribution < 1.29 is 13.2 Å². The molecule has 0 aromatic heterocycles. The maximum Gasteiger partial charge on any atom is 0.212 e. The van der Waals surface area contributed by atoms with Crippen LogP contribution >= 0.6 is 11.8 Å². The summed E-state index contributed by atoms with van der Waals surface area (Å²) in [5.74, 6) is 1.32. The minimum absolute atomic E-state index is 0.102. The summed E-state index contributed by atoms with van der Waals surface area (Å²) in [6.07, 6.45) is 2.49. The summed E-state index contributed by atoms with van der Waals surface area (Å²) < 4.78 is 31.5. The molecule has 1 aromatic rings. The topological polar surface area (TPSA) is 81.4 Å². The molecule has 0 amide bonds. The van der Waals surface area contributed by atoms with Gasteiger partial charge in [-0.3, -0.25) is 0 Å². The van der Waals surface area contributed by atoms with E-state index in [-0.39, 0.29) is 5.75 Å². The summed E-state index contributed by atoms with van der Waals surface area (Å²) in [7, 11) is -3.22. The summed E-state index contributed by atoms with van der Waals surface area (Å²) in [6, 6.07) is 7.41. The smallest absolute Gasteiger partial charge is 0.212 e. The highest BCUT2D eigenvalue weighted by Crippen LogP contribution is 2.28. The van der Waals surface area contributed by atoms with Gasteiger partial charge in [-0.25, -0.2) is 13.1 Å². The molecule has 1 aliphatic rings. The van der Waals surface area contributed by atoms with E-state index in [1.54, 1.807) is 0 Å². The Morgan fingerprint density at radius 3 is 2.67 bits per heavy atom. The van der Waals surface area contributed by atoms with Crippen molar-refractivity contribution in [2.24, 2.45) is 5.92 Å². The molecule has 1 saturated carbocycles. The molecule has 0 saturated heterocycles. The fourth-order valence-corrected chi connectivity index (χ4v) is 4.02. The second-order valence-electron chi connectivity index (χ2n) is 5.15. The molecule has 21 heavy (non-hydrogen) atoms. The van der Waals surface area contributed by atoms with Gasteiger partial charge >= 0.3 is 0 Å². The lowest BCUT2D eigenvalue weighted by molar-refractivity contribution is 0.129. The first kappa shape index (κ1) is 16.6. The minimum atomic E-state index is -3.22. The maximum atomic E-state index is 11.8. The molecule has 0 heterocycles. The van der Waals surface area contributed by atoms with Gasteiger partial charge in [0.25, 0.3) is 0 Å². The Hall–Kier alpha value is -0.760. The zero-order valence-corrected chi connectivity index (χ0v) is 13.6. The van der Waals surface area contributed by atoms with Crippen molar-refractivity contribution in [3.05, 3.63) is 24.3 Å². The zero-order valence-electron chi connectivity index (χ0n) is 12.0. The average Bonchev–Trinajstić information content (AvgIpc) is 3.24. The number of nitrogens with two attached hydrogens (primary N) is 1. The van der Waals surface area contributed by atoms with Crippen LogP contribution in [0.3, 0.4) is 0 Å². The van der Waals surface area contributed by atoms with Crippen molar-refractivity contribution in [3.8, 4) is 0 Å². The van der Waals surface area contributed by atoms with Crippen molar-refractivity contribution >= 4 is 27.5 Å². The molecule has 0 atom stereocenters. The van der Waals surface area contributed by atoms with Gasteiger partial charge in [0.05, 0.1) is 12.4 Å². The Balaban J connectivity index is 1.57. The summed E-state index contributed by atoms with van der Waals surface area (Å²) in [4.78, 5) is 1.02. The van der Waals surface area contributed by atoms with Crippen molar-refractivity contribution in [1.82, 2.24) is 4.72 Å². The van der Waals surface area contributed by atoms with E-state index in [0.29, 0.717) is 30.5 Å². The molecule has 0 unspecified atom stereocenters. The quantitative estimate of drug-likeness (QED) is 0.388. The number of ether oxygens (including phenoxy) is 1. The number of anilines is 1. The molecule has 5 nitrogen and oxygen atoms in total. The van der Waals surface area contributed by atoms with Crippen LogP contribution in [0.1, 0.15) is 12.8 Å². The Kier molecular flexibility index (Phi) is 6.35. The Morgan fingerprint density at radius 2 is 2.00 bits per heavy atom. The number of sulfonamides is 1. The van der Waals surface area contributed by atoms with Gasteiger partial charge in [0, 0.05) is 29.5 Å². The molecule has 0 aliphatic heterocycles. The number of benzene rings is 1. The number of rotatable bonds is 10. The van der Waals surface area contributed by atoms with Crippen LogP contribution in [0.5, 0.6) is 0 Å². The number of thioether (sulfide) groups is 1. The molecule has 3 N–H and O–H groups in total. The highest BCUT2D eigenvalue weighted by Gasteiger charge is 2.21. The maximum absolute atomic E-state index is 11.8. The molecular formula is C14H22N2O3S2. The van der Waals surface area contributed by atoms with Crippen LogP contribution in [0, 0.1) is 5.92 Å². The van der Waals surface area contributed by atoms with Gasteiger partial charge in [-0.05, 0) is 43.0 Å². The van der Waals surface area contributed by atoms with E-state index in [1.165, 1.54) is 24.6 Å². The minimum Gasteiger partial charge on any atom is -0.399 e. The van der Waals surface area contributed by atoms with E-state index in [1.807, 2.05) is 24.3 Å². The largest absolute Gasteiger partial charge is 0.399 e. The lowest BCUT2D eigenvalue weighted by atomic mass is 10.3. The number of hydrogen-bond acceptors (Lipinski definition) is 5. The molecule has 1 aliphatic carbocycles. The third-order valence-electron chi connectivity index (χ3n) is 3.12. The van der Waals surface area contributed by atoms with Gasteiger partial charge in [-0.1, -0.05) is 0 Å². The van der Waals surface area contributed by atoms with E-state index in [0.717, 1.165) is 11.5 Å². The Labute approximate surface area is 130 Å². The Morgan fingerprint density at radius 1 is 1.29 bits per heavy atom. The number of nitrogen functional groups attached to an aromatic ring is 1. The summed E-state index contributed by atoms with van der Waals surface area (Å²) in [5, 5.41) is 0.